The Kier molecular flexibility index (Phi) is 7.09. The van der Waals surface area contributed by atoms with Gasteiger partial charge in [0.05, 0.1) is 5.25 Å². The molecule has 0 saturated carbocycles. The number of hydrogen-bond donors (Lipinski definition) is 2. The second-order valence-electron chi connectivity index (χ2n) is 3.24. The molecule has 4 heteroatoms. The molecule has 13 heavy (non-hydrogen) atoms. The molecule has 0 aliphatic heterocycles. The molecule has 0 aromatic heterocycles. The Morgan fingerprint density at radius 3 is 2.62 bits per heavy atom. The van der Waals surface area contributed by atoms with Gasteiger partial charge in [-0.25, -0.2) is 0 Å². The summed E-state index contributed by atoms with van der Waals surface area (Å²) in [6, 6.07) is 0.159. The first-order chi connectivity index (χ1) is 6.07. The monoisotopic (exact) mass is 204 g/mol. The van der Waals surface area contributed by atoms with Gasteiger partial charge in [-0.15, -0.1) is 11.8 Å². The largest absolute Gasteiger partial charge is 0.355 e. The minimum Gasteiger partial charge on any atom is -0.355 e. The fourth-order valence-electron chi connectivity index (χ4n) is 0.764. The Hall–Kier alpha value is -0.220. The third-order valence-corrected chi connectivity index (χ3v) is 2.96. The first-order valence-electron chi connectivity index (χ1n) is 4.72. The van der Waals surface area contributed by atoms with Crippen LogP contribution in [0.5, 0.6) is 0 Å². The van der Waals surface area contributed by atoms with E-state index in [0.717, 1.165) is 18.7 Å². The predicted molar refractivity (Wildman–Crippen MR) is 58.9 cm³/mol. The Labute approximate surface area is 84.8 Å². The molecular formula is C9H20N2OS. The highest BCUT2D eigenvalue weighted by Crippen LogP contribution is 2.10. The van der Waals surface area contributed by atoms with Crippen LogP contribution in [0.1, 0.15) is 27.2 Å². The molecule has 0 bridgehead atoms. The molecule has 0 saturated heterocycles. The van der Waals surface area contributed by atoms with Crippen molar-refractivity contribution in [3.63, 3.8) is 0 Å². The average molecular weight is 204 g/mol. The van der Waals surface area contributed by atoms with Crippen molar-refractivity contribution in [2.24, 2.45) is 5.73 Å². The molecule has 0 aliphatic carbocycles. The highest BCUT2D eigenvalue weighted by Gasteiger charge is 2.12. The molecule has 0 aliphatic rings. The van der Waals surface area contributed by atoms with Crippen molar-refractivity contribution in [3.8, 4) is 0 Å². The standard InChI is InChI=1S/C9H20N2OS/c1-4-5-11-9(12)8(3)13-6-7(2)10/h7-8H,4-6,10H2,1-3H3,(H,11,12). The van der Waals surface area contributed by atoms with Crippen LogP contribution >= 0.6 is 11.8 Å². The Balaban J connectivity index is 3.57. The van der Waals surface area contributed by atoms with E-state index in [1.54, 1.807) is 11.8 Å². The van der Waals surface area contributed by atoms with E-state index < -0.39 is 0 Å². The number of carbonyl (C=O) groups is 1. The Morgan fingerprint density at radius 1 is 1.54 bits per heavy atom. The van der Waals surface area contributed by atoms with E-state index in [0.29, 0.717) is 0 Å². The van der Waals surface area contributed by atoms with E-state index in [9.17, 15) is 4.79 Å². The van der Waals surface area contributed by atoms with Crippen LogP contribution in [-0.2, 0) is 4.79 Å². The molecule has 0 heterocycles. The maximum Gasteiger partial charge on any atom is 0.232 e. The topological polar surface area (TPSA) is 55.1 Å². The van der Waals surface area contributed by atoms with Crippen molar-refractivity contribution in [2.75, 3.05) is 12.3 Å². The van der Waals surface area contributed by atoms with Crippen LogP contribution in [0, 0.1) is 0 Å². The number of amides is 1. The van der Waals surface area contributed by atoms with Crippen molar-refractivity contribution < 1.29 is 4.79 Å². The number of hydrogen-bond acceptors (Lipinski definition) is 3. The third kappa shape index (κ3) is 6.90. The molecule has 0 fully saturated rings. The lowest BCUT2D eigenvalue weighted by Crippen LogP contribution is -2.32. The first kappa shape index (κ1) is 12.8. The van der Waals surface area contributed by atoms with Gasteiger partial charge in [-0.1, -0.05) is 6.92 Å². The lowest BCUT2D eigenvalue weighted by Gasteiger charge is -2.12. The van der Waals surface area contributed by atoms with Crippen LogP contribution in [-0.4, -0.2) is 29.5 Å². The van der Waals surface area contributed by atoms with Gasteiger partial charge < -0.3 is 11.1 Å². The number of carbonyl (C=O) groups excluding carboxylic acids is 1. The van der Waals surface area contributed by atoms with Crippen LogP contribution in [0.25, 0.3) is 0 Å². The van der Waals surface area contributed by atoms with E-state index in [4.69, 9.17) is 5.73 Å². The lowest BCUT2D eigenvalue weighted by molar-refractivity contribution is -0.120. The van der Waals surface area contributed by atoms with E-state index in [2.05, 4.69) is 5.32 Å². The van der Waals surface area contributed by atoms with Gasteiger partial charge in [0.2, 0.25) is 5.91 Å². The van der Waals surface area contributed by atoms with Crippen molar-refractivity contribution in [1.29, 1.82) is 0 Å². The lowest BCUT2D eigenvalue weighted by atomic mass is 10.4. The van der Waals surface area contributed by atoms with E-state index in [1.807, 2.05) is 20.8 Å². The molecule has 2 atom stereocenters. The second kappa shape index (κ2) is 7.21. The zero-order valence-electron chi connectivity index (χ0n) is 8.67. The summed E-state index contributed by atoms with van der Waals surface area (Å²) in [6.45, 7) is 6.67. The second-order valence-corrected chi connectivity index (χ2v) is 4.62. The summed E-state index contributed by atoms with van der Waals surface area (Å²) in [6.07, 6.45) is 0.983. The molecule has 3 nitrogen and oxygen atoms in total. The number of rotatable bonds is 6. The zero-order valence-corrected chi connectivity index (χ0v) is 9.49. The Bertz CT molecular complexity index is 151. The average Bonchev–Trinajstić information content (AvgIpc) is 2.10. The van der Waals surface area contributed by atoms with Crippen molar-refractivity contribution in [2.45, 2.75) is 38.5 Å². The quantitative estimate of drug-likeness (QED) is 0.678. The van der Waals surface area contributed by atoms with Gasteiger partial charge in [0.1, 0.15) is 0 Å². The third-order valence-electron chi connectivity index (χ3n) is 1.53. The molecular weight excluding hydrogens is 184 g/mol. The SMILES string of the molecule is CCCNC(=O)C(C)SCC(C)N. The molecule has 0 rings (SSSR count). The normalized spacial score (nSPS) is 15.1. The van der Waals surface area contributed by atoms with Gasteiger partial charge in [-0.2, -0.15) is 0 Å². The summed E-state index contributed by atoms with van der Waals surface area (Å²) in [5.74, 6) is 0.952. The number of nitrogens with two attached hydrogens (primary N) is 1. The van der Waals surface area contributed by atoms with Gasteiger partial charge in [-0.3, -0.25) is 4.79 Å². The highest BCUT2D eigenvalue weighted by molar-refractivity contribution is 8.00. The van der Waals surface area contributed by atoms with Crippen molar-refractivity contribution in [1.82, 2.24) is 5.32 Å². The fourth-order valence-corrected chi connectivity index (χ4v) is 1.59. The smallest absolute Gasteiger partial charge is 0.232 e. The number of nitrogens with one attached hydrogen (secondary N) is 1. The predicted octanol–water partition coefficient (Wildman–Crippen LogP) is 0.981. The summed E-state index contributed by atoms with van der Waals surface area (Å²) in [5, 5.41) is 2.87. The molecule has 0 aromatic carbocycles. The van der Waals surface area contributed by atoms with E-state index >= 15 is 0 Å². The van der Waals surface area contributed by atoms with Crippen LogP contribution in [0.2, 0.25) is 0 Å². The molecule has 2 unspecified atom stereocenters. The van der Waals surface area contributed by atoms with Crippen molar-refractivity contribution in [3.05, 3.63) is 0 Å². The minimum absolute atomic E-state index is 0.0116. The maximum absolute atomic E-state index is 11.3. The summed E-state index contributed by atoms with van der Waals surface area (Å²) < 4.78 is 0. The zero-order chi connectivity index (χ0) is 10.3. The highest BCUT2D eigenvalue weighted by atomic mass is 32.2. The van der Waals surface area contributed by atoms with Crippen LogP contribution in [0.4, 0.5) is 0 Å². The fraction of sp³-hybridized carbons (Fsp3) is 0.889. The Morgan fingerprint density at radius 2 is 2.15 bits per heavy atom. The summed E-state index contributed by atoms with van der Waals surface area (Å²) in [7, 11) is 0. The summed E-state index contributed by atoms with van der Waals surface area (Å²) in [5.41, 5.74) is 5.59. The van der Waals surface area contributed by atoms with Crippen LogP contribution < -0.4 is 11.1 Å². The van der Waals surface area contributed by atoms with E-state index in [1.165, 1.54) is 0 Å². The van der Waals surface area contributed by atoms with Gasteiger partial charge in [0, 0.05) is 18.3 Å². The molecule has 78 valence electrons. The maximum atomic E-state index is 11.3. The molecule has 0 aromatic rings. The first-order valence-corrected chi connectivity index (χ1v) is 5.77. The van der Waals surface area contributed by atoms with Gasteiger partial charge in [-0.05, 0) is 20.3 Å². The summed E-state index contributed by atoms with van der Waals surface area (Å²) in [4.78, 5) is 11.3. The molecule has 0 spiro atoms. The molecule has 1 amide bonds. The number of thioether (sulfide) groups is 1. The van der Waals surface area contributed by atoms with E-state index in [-0.39, 0.29) is 17.2 Å². The summed E-state index contributed by atoms with van der Waals surface area (Å²) >= 11 is 1.61. The minimum atomic E-state index is 0.0116. The van der Waals surface area contributed by atoms with Gasteiger partial charge in [0.15, 0.2) is 0 Å². The molecule has 3 N–H and O–H groups in total. The van der Waals surface area contributed by atoms with Crippen LogP contribution in [0.15, 0.2) is 0 Å². The van der Waals surface area contributed by atoms with Gasteiger partial charge in [0.25, 0.3) is 0 Å². The van der Waals surface area contributed by atoms with Gasteiger partial charge >= 0.3 is 0 Å². The molecule has 0 radical (unpaired) electrons. The van der Waals surface area contributed by atoms with Crippen molar-refractivity contribution >= 4 is 17.7 Å². The van der Waals surface area contributed by atoms with Crippen LogP contribution in [0.3, 0.4) is 0 Å².